The summed E-state index contributed by atoms with van der Waals surface area (Å²) in [6, 6.07) is 16.2. The van der Waals surface area contributed by atoms with Gasteiger partial charge in [0.15, 0.2) is 0 Å². The lowest BCUT2D eigenvalue weighted by atomic mass is 9.92. The normalized spacial score (nSPS) is 18.0. The predicted molar refractivity (Wildman–Crippen MR) is 207 cm³/mol. The second-order valence-electron chi connectivity index (χ2n) is 13.7. The summed E-state index contributed by atoms with van der Waals surface area (Å²) in [6.45, 7) is 6.31. The number of carboxylic acids is 2. The molecule has 1 aromatic heterocycles. The Hall–Kier alpha value is -5.67. The number of methoxy groups -OCH3 is 2. The lowest BCUT2D eigenvalue weighted by molar-refractivity contribution is -0.151. The topological polar surface area (TPSA) is 160 Å². The first kappa shape index (κ1) is 40.0. The molecule has 2 aliphatic heterocycles. The third-order valence-electron chi connectivity index (χ3n) is 10.3. The molecule has 4 aromatic rings. The lowest BCUT2D eigenvalue weighted by Crippen LogP contribution is -2.49. The van der Waals surface area contributed by atoms with Gasteiger partial charge in [-0.1, -0.05) is 42.5 Å². The van der Waals surface area contributed by atoms with Crippen molar-refractivity contribution in [3.63, 3.8) is 0 Å². The number of nitrogens with one attached hydrogen (secondary N) is 1. The fraction of sp³-hybridized carbons (Fsp3) is 0.333. The van der Waals surface area contributed by atoms with Gasteiger partial charge in [0.05, 0.1) is 40.6 Å². The number of morpholine rings is 2. The minimum atomic E-state index is -0.973. The second kappa shape index (κ2) is 17.9. The van der Waals surface area contributed by atoms with E-state index in [9.17, 15) is 24.6 Å². The van der Waals surface area contributed by atoms with E-state index in [2.05, 4.69) is 10.3 Å². The minimum Gasteiger partial charge on any atom is -0.496 e. The van der Waals surface area contributed by atoms with Crippen LogP contribution in [0.1, 0.15) is 43.9 Å². The van der Waals surface area contributed by atoms with Crippen LogP contribution in [0.2, 0.25) is 0 Å². The van der Waals surface area contributed by atoms with Crippen LogP contribution in [-0.2, 0) is 32.2 Å². The van der Waals surface area contributed by atoms with Gasteiger partial charge < -0.3 is 34.5 Å². The van der Waals surface area contributed by atoms with Crippen molar-refractivity contribution in [2.75, 3.05) is 59.1 Å². The number of carbonyl (C=O) groups is 3. The largest absolute Gasteiger partial charge is 0.496 e. The van der Waals surface area contributed by atoms with Gasteiger partial charge in [-0.2, -0.15) is 0 Å². The lowest BCUT2D eigenvalue weighted by Gasteiger charge is -2.33. The predicted octanol–water partition coefficient (Wildman–Crippen LogP) is 5.67. The maximum atomic E-state index is 15.9. The molecule has 6 rings (SSSR count). The number of ether oxygens (including phenoxy) is 4. The molecule has 294 valence electrons. The van der Waals surface area contributed by atoms with Crippen LogP contribution in [0.15, 0.2) is 66.9 Å². The van der Waals surface area contributed by atoms with Gasteiger partial charge in [0, 0.05) is 60.8 Å². The Labute approximate surface area is 324 Å². The second-order valence-corrected chi connectivity index (χ2v) is 13.7. The van der Waals surface area contributed by atoms with E-state index in [0.29, 0.717) is 66.7 Å². The molecule has 0 aliphatic carbocycles. The van der Waals surface area contributed by atoms with Gasteiger partial charge in [0.1, 0.15) is 35.1 Å². The molecule has 14 heteroatoms. The Morgan fingerprint density at radius 2 is 1.43 bits per heavy atom. The van der Waals surface area contributed by atoms with Crippen molar-refractivity contribution < 1.29 is 47.9 Å². The number of rotatable bonds is 13. The fourth-order valence-corrected chi connectivity index (χ4v) is 7.04. The van der Waals surface area contributed by atoms with E-state index < -0.39 is 35.8 Å². The number of aromatic nitrogens is 1. The van der Waals surface area contributed by atoms with E-state index in [1.165, 1.54) is 32.6 Å². The SMILES string of the molecule is COc1cc(/C(F)=C/c2cccc(-c3cccc(NC(=O)c4cc(OC)c(CN5CCOC[C@H]5C(=O)O)cn4)c3C)c2C)ccc1CN1CCOC[C@H]1C(=O)O. The summed E-state index contributed by atoms with van der Waals surface area (Å²) in [6.07, 6.45) is 3.00. The van der Waals surface area contributed by atoms with Crippen molar-refractivity contribution in [1.82, 2.24) is 14.8 Å². The average Bonchev–Trinajstić information content (AvgIpc) is 3.20. The molecule has 3 aromatic carbocycles. The third-order valence-corrected chi connectivity index (χ3v) is 10.3. The summed E-state index contributed by atoms with van der Waals surface area (Å²) in [7, 11) is 2.99. The quantitative estimate of drug-likeness (QED) is 0.143. The van der Waals surface area contributed by atoms with Crippen LogP contribution >= 0.6 is 0 Å². The molecule has 13 nitrogen and oxygen atoms in total. The monoisotopic (exact) mass is 768 g/mol. The van der Waals surface area contributed by atoms with E-state index in [1.54, 1.807) is 29.2 Å². The van der Waals surface area contributed by atoms with Gasteiger partial charge >= 0.3 is 11.9 Å². The van der Waals surface area contributed by atoms with E-state index in [4.69, 9.17) is 18.9 Å². The van der Waals surface area contributed by atoms with Gasteiger partial charge in [-0.3, -0.25) is 29.2 Å². The number of pyridine rings is 1. The molecule has 2 saturated heterocycles. The maximum absolute atomic E-state index is 15.9. The number of nitrogens with zero attached hydrogens (tertiary/aromatic N) is 3. The minimum absolute atomic E-state index is 0.0853. The van der Waals surface area contributed by atoms with Crippen LogP contribution in [0.4, 0.5) is 10.1 Å². The van der Waals surface area contributed by atoms with Crippen molar-refractivity contribution in [2.24, 2.45) is 0 Å². The molecule has 2 atom stereocenters. The summed E-state index contributed by atoms with van der Waals surface area (Å²) in [5.41, 5.74) is 6.40. The molecule has 0 unspecified atom stereocenters. The highest BCUT2D eigenvalue weighted by atomic mass is 19.1. The van der Waals surface area contributed by atoms with E-state index in [-0.39, 0.29) is 25.5 Å². The van der Waals surface area contributed by atoms with E-state index in [1.807, 2.05) is 49.1 Å². The zero-order valence-corrected chi connectivity index (χ0v) is 31.7. The number of aliphatic carboxylic acids is 2. The Kier molecular flexibility index (Phi) is 12.8. The van der Waals surface area contributed by atoms with Crippen molar-refractivity contribution >= 4 is 35.4 Å². The smallest absolute Gasteiger partial charge is 0.323 e. The summed E-state index contributed by atoms with van der Waals surface area (Å²) in [5, 5.41) is 22.2. The van der Waals surface area contributed by atoms with Crippen molar-refractivity contribution in [3.05, 3.63) is 106 Å². The number of benzene rings is 3. The van der Waals surface area contributed by atoms with Crippen LogP contribution in [0.25, 0.3) is 23.0 Å². The highest BCUT2D eigenvalue weighted by Gasteiger charge is 2.31. The van der Waals surface area contributed by atoms with Gasteiger partial charge in [0.25, 0.3) is 5.91 Å². The van der Waals surface area contributed by atoms with Crippen LogP contribution < -0.4 is 14.8 Å². The van der Waals surface area contributed by atoms with Crippen LogP contribution in [0, 0.1) is 13.8 Å². The maximum Gasteiger partial charge on any atom is 0.323 e. The summed E-state index contributed by atoms with van der Waals surface area (Å²) in [4.78, 5) is 45.0. The highest BCUT2D eigenvalue weighted by molar-refractivity contribution is 6.04. The summed E-state index contributed by atoms with van der Waals surface area (Å²) in [5.74, 6) is -1.99. The molecule has 0 bridgehead atoms. The zero-order chi connectivity index (χ0) is 39.9. The van der Waals surface area contributed by atoms with Gasteiger partial charge in [-0.25, -0.2) is 4.39 Å². The first-order valence-corrected chi connectivity index (χ1v) is 18.2. The molecular weight excluding hydrogens is 723 g/mol. The standard InChI is InChI=1S/C42H45FN4O9/c1-25-27(17-33(43)28-11-12-29(38(18-28)53-3)21-46-13-15-55-23-36(46)41(49)50)7-5-8-31(25)32-9-6-10-34(26(32)2)45-40(48)35-19-39(54-4)30(20-44-35)22-47-14-16-56-24-37(47)42(51)52/h5-12,17-20,36-37H,13-16,21-24H2,1-4H3,(H,45,48)(H,49,50)(H,51,52)/b33-17-/t36-,37-/m0/s1. The highest BCUT2D eigenvalue weighted by Crippen LogP contribution is 2.35. The van der Waals surface area contributed by atoms with Crippen LogP contribution in [-0.4, -0.2) is 109 Å². The van der Waals surface area contributed by atoms with E-state index in [0.717, 1.165) is 27.8 Å². The molecule has 2 aliphatic rings. The Morgan fingerprint density at radius 1 is 0.839 bits per heavy atom. The molecule has 0 radical (unpaired) electrons. The molecule has 3 N–H and O–H groups in total. The number of carbonyl (C=O) groups excluding carboxylic acids is 1. The number of halogens is 1. The Morgan fingerprint density at radius 3 is 2.05 bits per heavy atom. The van der Waals surface area contributed by atoms with Gasteiger partial charge in [-0.05, 0) is 59.9 Å². The van der Waals surface area contributed by atoms with Crippen molar-refractivity contribution in [3.8, 4) is 22.6 Å². The number of hydrogen-bond donors (Lipinski definition) is 3. The summed E-state index contributed by atoms with van der Waals surface area (Å²) < 4.78 is 37.8. The van der Waals surface area contributed by atoms with Crippen molar-refractivity contribution in [2.45, 2.75) is 39.0 Å². The van der Waals surface area contributed by atoms with E-state index >= 15 is 4.39 Å². The molecule has 1 amide bonds. The molecular formula is C42H45FN4O9. The fourth-order valence-electron chi connectivity index (χ4n) is 7.04. The molecule has 0 saturated carbocycles. The number of amides is 1. The molecule has 0 spiro atoms. The first-order chi connectivity index (χ1) is 27.0. The zero-order valence-electron chi connectivity index (χ0n) is 31.7. The third kappa shape index (κ3) is 8.89. The van der Waals surface area contributed by atoms with Gasteiger partial charge in [-0.15, -0.1) is 0 Å². The number of anilines is 1. The van der Waals surface area contributed by atoms with Crippen molar-refractivity contribution in [1.29, 1.82) is 0 Å². The first-order valence-electron chi connectivity index (χ1n) is 18.2. The van der Waals surface area contributed by atoms with Crippen LogP contribution in [0.5, 0.6) is 11.5 Å². The summed E-state index contributed by atoms with van der Waals surface area (Å²) >= 11 is 0. The average molecular weight is 769 g/mol. The number of hydrogen-bond acceptors (Lipinski definition) is 10. The number of carboxylic acid groups (broad SMARTS) is 2. The molecule has 2 fully saturated rings. The van der Waals surface area contributed by atoms with Gasteiger partial charge in [0.2, 0.25) is 0 Å². The molecule has 56 heavy (non-hydrogen) atoms. The molecule has 3 heterocycles. The Bertz CT molecular complexity index is 2140. The van der Waals surface area contributed by atoms with Crippen LogP contribution in [0.3, 0.4) is 0 Å². The Balaban J connectivity index is 1.19.